The molecule has 0 aliphatic carbocycles. The van der Waals surface area contributed by atoms with Crippen molar-refractivity contribution >= 4 is 11.2 Å². The topological polar surface area (TPSA) is 89.4 Å². The molecular weight excluding hydrogens is 311 g/mol. The SMILES string of the molecule is Cn1ccc(-c2nc3[nH]ccc(=O)c3nc2-c2ccncc2F)n1. The molecule has 0 amide bonds. The number of halogens is 1. The van der Waals surface area contributed by atoms with Crippen molar-refractivity contribution in [2.24, 2.45) is 7.05 Å². The van der Waals surface area contributed by atoms with E-state index >= 15 is 0 Å². The van der Waals surface area contributed by atoms with Crippen molar-refractivity contribution in [1.82, 2.24) is 29.7 Å². The summed E-state index contributed by atoms with van der Waals surface area (Å²) in [5.74, 6) is -0.546. The average molecular weight is 322 g/mol. The highest BCUT2D eigenvalue weighted by Gasteiger charge is 2.18. The Morgan fingerprint density at radius 3 is 2.79 bits per heavy atom. The van der Waals surface area contributed by atoms with E-state index < -0.39 is 5.82 Å². The zero-order valence-electron chi connectivity index (χ0n) is 12.6. The molecule has 0 fully saturated rings. The maximum atomic E-state index is 14.2. The van der Waals surface area contributed by atoms with E-state index in [1.165, 1.54) is 24.5 Å². The van der Waals surface area contributed by atoms with Gasteiger partial charge in [-0.2, -0.15) is 5.10 Å². The first-order chi connectivity index (χ1) is 11.6. The third-order valence-corrected chi connectivity index (χ3v) is 3.57. The number of aromatic nitrogens is 6. The van der Waals surface area contributed by atoms with Crippen molar-refractivity contribution in [2.45, 2.75) is 0 Å². The normalized spacial score (nSPS) is 11.1. The number of nitrogens with one attached hydrogen (secondary N) is 1. The molecular formula is C16H11FN6O. The van der Waals surface area contributed by atoms with Crippen LogP contribution in [0.5, 0.6) is 0 Å². The van der Waals surface area contributed by atoms with Crippen LogP contribution in [0.2, 0.25) is 0 Å². The van der Waals surface area contributed by atoms with E-state index in [0.717, 1.165) is 6.20 Å². The summed E-state index contributed by atoms with van der Waals surface area (Å²) in [7, 11) is 1.77. The Hall–Kier alpha value is -3.42. The summed E-state index contributed by atoms with van der Waals surface area (Å²) in [6.45, 7) is 0. The van der Waals surface area contributed by atoms with Crippen molar-refractivity contribution in [3.8, 4) is 22.6 Å². The van der Waals surface area contributed by atoms with Crippen molar-refractivity contribution in [1.29, 1.82) is 0 Å². The van der Waals surface area contributed by atoms with E-state index in [-0.39, 0.29) is 22.2 Å². The summed E-state index contributed by atoms with van der Waals surface area (Å²) in [6.07, 6.45) is 5.80. The fourth-order valence-electron chi connectivity index (χ4n) is 2.46. The first-order valence-electron chi connectivity index (χ1n) is 7.13. The van der Waals surface area contributed by atoms with Gasteiger partial charge in [-0.25, -0.2) is 14.4 Å². The summed E-state index contributed by atoms with van der Waals surface area (Å²) in [5.41, 5.74) is 1.54. The smallest absolute Gasteiger partial charge is 0.209 e. The number of aromatic amines is 1. The molecule has 4 aromatic heterocycles. The van der Waals surface area contributed by atoms with Crippen molar-refractivity contribution < 1.29 is 4.39 Å². The lowest BCUT2D eigenvalue weighted by atomic mass is 10.1. The number of pyridine rings is 2. The number of fused-ring (bicyclic) bond motifs is 1. The van der Waals surface area contributed by atoms with Gasteiger partial charge in [0.2, 0.25) is 5.43 Å². The largest absolute Gasteiger partial charge is 0.345 e. The predicted molar refractivity (Wildman–Crippen MR) is 85.5 cm³/mol. The van der Waals surface area contributed by atoms with Crippen LogP contribution in [0.25, 0.3) is 33.8 Å². The Kier molecular flexibility index (Phi) is 3.16. The van der Waals surface area contributed by atoms with Crippen LogP contribution < -0.4 is 5.43 Å². The Labute approximate surface area is 134 Å². The fourth-order valence-corrected chi connectivity index (χ4v) is 2.46. The number of nitrogens with zero attached hydrogens (tertiary/aromatic N) is 5. The van der Waals surface area contributed by atoms with Gasteiger partial charge >= 0.3 is 0 Å². The number of aryl methyl sites for hydroxylation is 1. The lowest BCUT2D eigenvalue weighted by Crippen LogP contribution is -2.07. The molecule has 0 aromatic carbocycles. The standard InChI is InChI=1S/C16H11FN6O/c1-23-7-4-11(22-23)14-13(9-2-5-18-8-10(9)17)20-15-12(24)3-6-19-16(15)21-14/h2-8H,1H3,(H,19,21,24). The second-order valence-electron chi connectivity index (χ2n) is 5.19. The lowest BCUT2D eigenvalue weighted by molar-refractivity contribution is 0.624. The van der Waals surface area contributed by atoms with Crippen LogP contribution in [-0.2, 0) is 7.05 Å². The maximum Gasteiger partial charge on any atom is 0.209 e. The number of hydrogen-bond acceptors (Lipinski definition) is 5. The second-order valence-corrected chi connectivity index (χ2v) is 5.19. The summed E-state index contributed by atoms with van der Waals surface area (Å²) < 4.78 is 15.8. The first-order valence-corrected chi connectivity index (χ1v) is 7.13. The molecule has 7 nitrogen and oxygen atoms in total. The number of hydrogen-bond donors (Lipinski definition) is 1. The van der Waals surface area contributed by atoms with Gasteiger partial charge in [0.1, 0.15) is 17.1 Å². The molecule has 1 N–H and O–H groups in total. The zero-order valence-corrected chi connectivity index (χ0v) is 12.6. The van der Waals surface area contributed by atoms with Gasteiger partial charge < -0.3 is 4.98 Å². The zero-order chi connectivity index (χ0) is 16.7. The highest BCUT2D eigenvalue weighted by Crippen LogP contribution is 2.30. The molecule has 0 saturated carbocycles. The van der Waals surface area contributed by atoms with Crippen LogP contribution in [0.3, 0.4) is 0 Å². The molecule has 0 aliphatic rings. The molecule has 0 aliphatic heterocycles. The Morgan fingerprint density at radius 1 is 1.17 bits per heavy atom. The van der Waals surface area contributed by atoms with Crippen LogP contribution in [0, 0.1) is 5.82 Å². The summed E-state index contributed by atoms with van der Waals surface area (Å²) in [4.78, 5) is 27.5. The van der Waals surface area contributed by atoms with Crippen LogP contribution in [0.4, 0.5) is 4.39 Å². The second kappa shape index (κ2) is 5.34. The van der Waals surface area contributed by atoms with E-state index in [1.807, 2.05) is 0 Å². The van der Waals surface area contributed by atoms with E-state index in [9.17, 15) is 9.18 Å². The van der Waals surface area contributed by atoms with E-state index in [0.29, 0.717) is 17.0 Å². The monoisotopic (exact) mass is 322 g/mol. The molecule has 4 aromatic rings. The molecule has 4 heterocycles. The van der Waals surface area contributed by atoms with Gasteiger partial charge in [0, 0.05) is 37.3 Å². The molecule has 0 atom stereocenters. The van der Waals surface area contributed by atoms with E-state index in [1.54, 1.807) is 24.0 Å². The van der Waals surface area contributed by atoms with Crippen molar-refractivity contribution in [3.05, 3.63) is 59.0 Å². The van der Waals surface area contributed by atoms with Crippen LogP contribution in [0.15, 0.2) is 47.8 Å². The molecule has 4 rings (SSSR count). The van der Waals surface area contributed by atoms with Crippen molar-refractivity contribution in [2.75, 3.05) is 0 Å². The summed E-state index contributed by atoms with van der Waals surface area (Å²) >= 11 is 0. The minimum atomic E-state index is -0.546. The Balaban J connectivity index is 2.11. The molecule has 0 saturated heterocycles. The van der Waals surface area contributed by atoms with Crippen LogP contribution in [0.1, 0.15) is 0 Å². The summed E-state index contributed by atoms with van der Waals surface area (Å²) in [5, 5.41) is 4.31. The lowest BCUT2D eigenvalue weighted by Gasteiger charge is -2.08. The molecule has 118 valence electrons. The predicted octanol–water partition coefficient (Wildman–Crippen LogP) is 1.92. The number of H-pyrrole nitrogens is 1. The average Bonchev–Trinajstić information content (AvgIpc) is 3.01. The maximum absolute atomic E-state index is 14.2. The third-order valence-electron chi connectivity index (χ3n) is 3.57. The van der Waals surface area contributed by atoms with Crippen LogP contribution >= 0.6 is 0 Å². The Morgan fingerprint density at radius 2 is 2.04 bits per heavy atom. The molecule has 0 unspecified atom stereocenters. The van der Waals surface area contributed by atoms with Gasteiger partial charge in [0.25, 0.3) is 0 Å². The molecule has 0 spiro atoms. The summed E-state index contributed by atoms with van der Waals surface area (Å²) in [6, 6.07) is 4.60. The number of rotatable bonds is 2. The molecule has 24 heavy (non-hydrogen) atoms. The van der Waals surface area contributed by atoms with E-state index in [4.69, 9.17) is 0 Å². The minimum absolute atomic E-state index is 0.142. The first kappa shape index (κ1) is 14.2. The molecule has 0 radical (unpaired) electrons. The highest BCUT2D eigenvalue weighted by atomic mass is 19.1. The van der Waals surface area contributed by atoms with E-state index in [2.05, 4.69) is 25.0 Å². The van der Waals surface area contributed by atoms with Gasteiger partial charge in [-0.05, 0) is 12.1 Å². The minimum Gasteiger partial charge on any atom is -0.345 e. The van der Waals surface area contributed by atoms with Gasteiger partial charge in [-0.3, -0.25) is 14.5 Å². The molecule has 8 heteroatoms. The van der Waals surface area contributed by atoms with Crippen molar-refractivity contribution in [3.63, 3.8) is 0 Å². The fraction of sp³-hybridized carbons (Fsp3) is 0.0625. The quantitative estimate of drug-likeness (QED) is 0.609. The van der Waals surface area contributed by atoms with Gasteiger partial charge in [0.15, 0.2) is 17.0 Å². The Bertz CT molecular complexity index is 1120. The van der Waals surface area contributed by atoms with Gasteiger partial charge in [-0.15, -0.1) is 0 Å². The van der Waals surface area contributed by atoms with Gasteiger partial charge in [-0.1, -0.05) is 0 Å². The van der Waals surface area contributed by atoms with Gasteiger partial charge in [0.05, 0.1) is 6.20 Å². The third kappa shape index (κ3) is 2.24. The molecule has 0 bridgehead atoms. The highest BCUT2D eigenvalue weighted by molar-refractivity contribution is 5.83. The van der Waals surface area contributed by atoms with Crippen LogP contribution in [-0.4, -0.2) is 29.7 Å².